The topological polar surface area (TPSA) is 93.7 Å². The SMILES string of the molecule is O=C1NC2(c3ccccc3)NC(=O)N(O)C2(c2ccccc2)N1. The maximum absolute atomic E-state index is 12.2. The number of hydroxylamine groups is 2. The van der Waals surface area contributed by atoms with Crippen LogP contribution in [0.5, 0.6) is 0 Å². The molecular formula is C16H14N4O3. The molecule has 2 heterocycles. The summed E-state index contributed by atoms with van der Waals surface area (Å²) in [7, 11) is 0. The fourth-order valence-corrected chi connectivity index (χ4v) is 3.38. The lowest BCUT2D eigenvalue weighted by Gasteiger charge is -2.39. The van der Waals surface area contributed by atoms with E-state index in [0.717, 1.165) is 0 Å². The van der Waals surface area contributed by atoms with Crippen molar-refractivity contribution in [2.75, 3.05) is 0 Å². The summed E-state index contributed by atoms with van der Waals surface area (Å²) in [6.45, 7) is 0. The number of nitrogens with zero attached hydrogens (tertiary/aromatic N) is 1. The molecule has 7 nitrogen and oxygen atoms in total. The van der Waals surface area contributed by atoms with Crippen LogP contribution in [0.15, 0.2) is 60.7 Å². The molecule has 0 aliphatic carbocycles. The molecule has 7 heteroatoms. The Hall–Kier alpha value is -3.06. The van der Waals surface area contributed by atoms with Gasteiger partial charge in [0.15, 0.2) is 5.66 Å². The summed E-state index contributed by atoms with van der Waals surface area (Å²) in [4.78, 5) is 24.4. The summed E-state index contributed by atoms with van der Waals surface area (Å²) in [5, 5.41) is 19.2. The molecule has 2 unspecified atom stereocenters. The van der Waals surface area contributed by atoms with Gasteiger partial charge >= 0.3 is 12.1 Å². The van der Waals surface area contributed by atoms with Crippen molar-refractivity contribution in [1.29, 1.82) is 0 Å². The normalized spacial score (nSPS) is 28.8. The number of nitrogens with one attached hydrogen (secondary N) is 3. The second-order valence-electron chi connectivity index (χ2n) is 5.51. The van der Waals surface area contributed by atoms with Crippen molar-refractivity contribution in [3.8, 4) is 0 Å². The maximum Gasteiger partial charge on any atom is 0.346 e. The van der Waals surface area contributed by atoms with Gasteiger partial charge < -0.3 is 16.0 Å². The van der Waals surface area contributed by atoms with Crippen LogP contribution in [0.25, 0.3) is 0 Å². The van der Waals surface area contributed by atoms with Crippen LogP contribution in [0.2, 0.25) is 0 Å². The molecule has 0 spiro atoms. The van der Waals surface area contributed by atoms with Gasteiger partial charge in [0.1, 0.15) is 0 Å². The van der Waals surface area contributed by atoms with Crippen molar-refractivity contribution >= 4 is 12.1 Å². The van der Waals surface area contributed by atoms with Crippen LogP contribution < -0.4 is 16.0 Å². The molecule has 116 valence electrons. The molecule has 23 heavy (non-hydrogen) atoms. The van der Waals surface area contributed by atoms with Crippen LogP contribution in [0.1, 0.15) is 11.1 Å². The molecule has 2 atom stereocenters. The van der Waals surface area contributed by atoms with Gasteiger partial charge in [-0.2, -0.15) is 5.06 Å². The first-order valence-corrected chi connectivity index (χ1v) is 7.13. The summed E-state index contributed by atoms with van der Waals surface area (Å²) < 4.78 is 0. The highest BCUT2D eigenvalue weighted by Crippen LogP contribution is 2.47. The zero-order valence-electron chi connectivity index (χ0n) is 12.0. The largest absolute Gasteiger partial charge is 0.346 e. The maximum atomic E-state index is 12.2. The highest BCUT2D eigenvalue weighted by Gasteiger charge is 2.70. The molecule has 0 saturated carbocycles. The number of benzene rings is 2. The minimum Gasteiger partial charge on any atom is -0.307 e. The van der Waals surface area contributed by atoms with E-state index in [1.165, 1.54) is 0 Å². The molecule has 2 saturated heterocycles. The average Bonchev–Trinajstić information content (AvgIpc) is 2.99. The Kier molecular flexibility index (Phi) is 2.64. The number of hydrogen-bond acceptors (Lipinski definition) is 3. The molecule has 4 N–H and O–H groups in total. The van der Waals surface area contributed by atoms with E-state index < -0.39 is 23.4 Å². The average molecular weight is 310 g/mol. The monoisotopic (exact) mass is 310 g/mol. The Morgan fingerprint density at radius 1 is 0.783 bits per heavy atom. The molecule has 2 fully saturated rings. The third-order valence-corrected chi connectivity index (χ3v) is 4.34. The minimum absolute atomic E-state index is 0.489. The summed E-state index contributed by atoms with van der Waals surface area (Å²) in [6.07, 6.45) is 0. The third kappa shape index (κ3) is 1.56. The molecule has 0 radical (unpaired) electrons. The number of urea groups is 2. The molecule has 2 aromatic rings. The highest BCUT2D eigenvalue weighted by atomic mass is 16.5. The van der Waals surface area contributed by atoms with Crippen molar-refractivity contribution in [2.24, 2.45) is 0 Å². The van der Waals surface area contributed by atoms with Gasteiger partial charge in [0, 0.05) is 11.1 Å². The second kappa shape index (κ2) is 4.47. The Labute approximate surface area is 131 Å². The van der Waals surface area contributed by atoms with Gasteiger partial charge in [-0.15, -0.1) is 0 Å². The predicted molar refractivity (Wildman–Crippen MR) is 80.1 cm³/mol. The van der Waals surface area contributed by atoms with Crippen LogP contribution in [-0.4, -0.2) is 22.3 Å². The molecule has 0 bridgehead atoms. The number of amides is 4. The van der Waals surface area contributed by atoms with Crippen molar-refractivity contribution < 1.29 is 14.8 Å². The lowest BCUT2D eigenvalue weighted by atomic mass is 9.83. The first-order valence-electron chi connectivity index (χ1n) is 7.13. The van der Waals surface area contributed by atoms with E-state index >= 15 is 0 Å². The van der Waals surface area contributed by atoms with E-state index in [9.17, 15) is 14.8 Å². The van der Waals surface area contributed by atoms with Crippen LogP contribution in [0.3, 0.4) is 0 Å². The molecule has 2 aliphatic rings. The fraction of sp³-hybridized carbons (Fsp3) is 0.125. The quantitative estimate of drug-likeness (QED) is 0.632. The van der Waals surface area contributed by atoms with Gasteiger partial charge in [-0.1, -0.05) is 60.7 Å². The second-order valence-corrected chi connectivity index (χ2v) is 5.51. The first-order chi connectivity index (χ1) is 11.1. The van der Waals surface area contributed by atoms with E-state index in [4.69, 9.17) is 0 Å². The molecule has 0 aromatic heterocycles. The zero-order chi connectivity index (χ0) is 16.1. The van der Waals surface area contributed by atoms with Gasteiger partial charge in [-0.25, -0.2) is 9.59 Å². The third-order valence-electron chi connectivity index (χ3n) is 4.34. The number of carbonyl (C=O) groups is 2. The van der Waals surface area contributed by atoms with Crippen molar-refractivity contribution in [3.05, 3.63) is 71.8 Å². The van der Waals surface area contributed by atoms with Gasteiger partial charge in [0.2, 0.25) is 5.66 Å². The molecule has 2 aromatic carbocycles. The fourth-order valence-electron chi connectivity index (χ4n) is 3.38. The Morgan fingerprint density at radius 2 is 1.35 bits per heavy atom. The van der Waals surface area contributed by atoms with Gasteiger partial charge in [0.05, 0.1) is 0 Å². The molecule has 4 rings (SSSR count). The van der Waals surface area contributed by atoms with Crippen molar-refractivity contribution in [3.63, 3.8) is 0 Å². The van der Waals surface area contributed by atoms with E-state index in [1.807, 2.05) is 12.1 Å². The molecular weight excluding hydrogens is 296 g/mol. The summed E-state index contributed by atoms with van der Waals surface area (Å²) in [5.41, 5.74) is -1.59. The Morgan fingerprint density at radius 3 is 1.96 bits per heavy atom. The zero-order valence-corrected chi connectivity index (χ0v) is 12.0. The van der Waals surface area contributed by atoms with E-state index in [2.05, 4.69) is 16.0 Å². The smallest absolute Gasteiger partial charge is 0.307 e. The summed E-state index contributed by atoms with van der Waals surface area (Å²) >= 11 is 0. The van der Waals surface area contributed by atoms with Crippen LogP contribution in [0, 0.1) is 0 Å². The van der Waals surface area contributed by atoms with Crippen molar-refractivity contribution in [2.45, 2.75) is 11.3 Å². The van der Waals surface area contributed by atoms with E-state index in [1.54, 1.807) is 48.5 Å². The van der Waals surface area contributed by atoms with Gasteiger partial charge in [-0.05, 0) is 0 Å². The van der Waals surface area contributed by atoms with Gasteiger partial charge in [0.25, 0.3) is 0 Å². The van der Waals surface area contributed by atoms with Crippen LogP contribution >= 0.6 is 0 Å². The first kappa shape index (κ1) is 13.6. The lowest BCUT2D eigenvalue weighted by Crippen LogP contribution is -2.61. The van der Waals surface area contributed by atoms with E-state index in [-0.39, 0.29) is 0 Å². The van der Waals surface area contributed by atoms with Crippen LogP contribution in [-0.2, 0) is 11.3 Å². The Balaban J connectivity index is 2.02. The Bertz CT molecular complexity index is 782. The standard InChI is InChI=1S/C16H14N4O3/c21-13-17-15(11-7-3-1-4-8-11)16(18-13,20(23)14(22)19-15)12-9-5-2-6-10-12/h1-10,23H,(H,19,22)(H2,17,18,21). The van der Waals surface area contributed by atoms with Crippen molar-refractivity contribution in [1.82, 2.24) is 21.0 Å². The number of rotatable bonds is 2. The van der Waals surface area contributed by atoms with Gasteiger partial charge in [-0.3, -0.25) is 5.21 Å². The summed E-state index contributed by atoms with van der Waals surface area (Å²) in [5.74, 6) is 0. The molecule has 4 amide bonds. The number of carbonyl (C=O) groups excluding carboxylic acids is 2. The lowest BCUT2D eigenvalue weighted by molar-refractivity contribution is -0.136. The summed E-state index contributed by atoms with van der Waals surface area (Å²) in [6, 6.07) is 16.7. The number of hydrogen-bond donors (Lipinski definition) is 4. The van der Waals surface area contributed by atoms with E-state index in [0.29, 0.717) is 16.2 Å². The predicted octanol–water partition coefficient (Wildman–Crippen LogP) is 1.42. The van der Waals surface area contributed by atoms with Crippen LogP contribution in [0.4, 0.5) is 9.59 Å². The molecule has 2 aliphatic heterocycles. The number of fused-ring (bicyclic) bond motifs is 1. The highest BCUT2D eigenvalue weighted by molar-refractivity contribution is 5.88. The minimum atomic E-state index is -1.48.